The van der Waals surface area contributed by atoms with Gasteiger partial charge in [-0.05, 0) is 12.5 Å². The zero-order valence-corrected chi connectivity index (χ0v) is 11.0. The van der Waals surface area contributed by atoms with Crippen LogP contribution in [0.15, 0.2) is 30.3 Å². The fraction of sp³-hybridized carbons (Fsp3) is 0.308. The molecule has 2 atom stereocenters. The predicted molar refractivity (Wildman–Crippen MR) is 71.8 cm³/mol. The number of aliphatic carboxylic acids is 1. The number of primary amides is 1. The van der Waals surface area contributed by atoms with Gasteiger partial charge in [-0.25, -0.2) is 4.79 Å². The average Bonchev–Trinajstić information content (AvgIpc) is 2.37. The number of amides is 3. The zero-order valence-electron chi connectivity index (χ0n) is 11.0. The third kappa shape index (κ3) is 4.97. The largest absolute Gasteiger partial charge is 0.481 e. The number of carboxylic acid groups (broad SMARTS) is 1. The lowest BCUT2D eigenvalue weighted by atomic mass is 10.0. The third-order valence-corrected chi connectivity index (χ3v) is 2.65. The van der Waals surface area contributed by atoms with Crippen LogP contribution < -0.4 is 16.4 Å². The van der Waals surface area contributed by atoms with Crippen molar-refractivity contribution in [2.75, 3.05) is 0 Å². The van der Waals surface area contributed by atoms with Crippen molar-refractivity contribution in [3.05, 3.63) is 35.9 Å². The van der Waals surface area contributed by atoms with Crippen molar-refractivity contribution in [2.24, 2.45) is 5.73 Å². The van der Waals surface area contributed by atoms with Crippen LogP contribution in [0.5, 0.6) is 0 Å². The molecule has 0 bridgehead atoms. The minimum atomic E-state index is -1.03. The number of hydrogen-bond acceptors (Lipinski definition) is 3. The fourth-order valence-corrected chi connectivity index (χ4v) is 1.69. The Morgan fingerprint density at radius 3 is 2.30 bits per heavy atom. The van der Waals surface area contributed by atoms with Gasteiger partial charge < -0.3 is 21.5 Å². The Kier molecular flexibility index (Phi) is 5.52. The Hall–Kier alpha value is -2.57. The molecular weight excluding hydrogens is 262 g/mol. The fourth-order valence-electron chi connectivity index (χ4n) is 1.69. The lowest BCUT2D eigenvalue weighted by Crippen LogP contribution is -2.47. The van der Waals surface area contributed by atoms with Gasteiger partial charge in [0, 0.05) is 0 Å². The molecule has 0 heterocycles. The van der Waals surface area contributed by atoms with Crippen LogP contribution in [0, 0.1) is 0 Å². The average molecular weight is 279 g/mol. The number of urea groups is 1. The second kappa shape index (κ2) is 7.13. The molecule has 0 aromatic heterocycles. The molecule has 2 unspecified atom stereocenters. The maximum atomic E-state index is 11.9. The lowest BCUT2D eigenvalue weighted by molar-refractivity contribution is -0.137. The maximum absolute atomic E-state index is 11.9. The van der Waals surface area contributed by atoms with Crippen molar-refractivity contribution in [1.82, 2.24) is 10.6 Å². The summed E-state index contributed by atoms with van der Waals surface area (Å²) in [5.41, 5.74) is 5.61. The zero-order chi connectivity index (χ0) is 15.1. The molecule has 0 aliphatic carbocycles. The molecule has 0 aliphatic heterocycles. The van der Waals surface area contributed by atoms with Crippen LogP contribution in [0.3, 0.4) is 0 Å². The summed E-state index contributed by atoms with van der Waals surface area (Å²) in [6, 6.07) is 6.41. The molecule has 0 aliphatic rings. The van der Waals surface area contributed by atoms with E-state index in [1.807, 2.05) is 0 Å². The molecular formula is C13H17N3O4. The first-order chi connectivity index (χ1) is 9.40. The van der Waals surface area contributed by atoms with E-state index in [1.165, 1.54) is 6.92 Å². The Balaban J connectivity index is 2.78. The number of carbonyl (C=O) groups is 3. The Bertz CT molecular complexity index is 490. The van der Waals surface area contributed by atoms with Gasteiger partial charge in [0.2, 0.25) is 5.91 Å². The van der Waals surface area contributed by atoms with E-state index in [2.05, 4.69) is 10.6 Å². The smallest absolute Gasteiger partial charge is 0.312 e. The topological polar surface area (TPSA) is 122 Å². The van der Waals surface area contributed by atoms with E-state index in [-0.39, 0.29) is 6.42 Å². The number of hydrogen-bond donors (Lipinski definition) is 4. The Labute approximate surface area is 116 Å². The summed E-state index contributed by atoms with van der Waals surface area (Å²) in [5, 5.41) is 13.7. The number of rotatable bonds is 6. The van der Waals surface area contributed by atoms with Crippen LogP contribution in [0.1, 0.15) is 24.9 Å². The second-order valence-electron chi connectivity index (χ2n) is 4.30. The summed E-state index contributed by atoms with van der Waals surface area (Å²) in [7, 11) is 0. The van der Waals surface area contributed by atoms with Gasteiger partial charge in [0.1, 0.15) is 6.04 Å². The van der Waals surface area contributed by atoms with Crippen LogP contribution in [0.25, 0.3) is 0 Å². The predicted octanol–water partition coefficient (Wildman–Crippen LogP) is 0.375. The van der Waals surface area contributed by atoms with Crippen molar-refractivity contribution in [2.45, 2.75) is 25.4 Å². The van der Waals surface area contributed by atoms with Gasteiger partial charge >= 0.3 is 12.0 Å². The van der Waals surface area contributed by atoms with Gasteiger partial charge in [0.15, 0.2) is 0 Å². The van der Waals surface area contributed by atoms with Crippen molar-refractivity contribution in [3.63, 3.8) is 0 Å². The van der Waals surface area contributed by atoms with Crippen LogP contribution in [0.4, 0.5) is 4.79 Å². The molecule has 1 rings (SSSR count). The number of nitrogens with one attached hydrogen (secondary N) is 2. The molecule has 7 nitrogen and oxygen atoms in total. The van der Waals surface area contributed by atoms with E-state index in [4.69, 9.17) is 10.8 Å². The number of benzene rings is 1. The standard InChI is InChI=1S/C13H17N3O4/c1-8(15-13(14)20)12(19)16-10(7-11(17)18)9-5-3-2-4-6-9/h2-6,8,10H,7H2,1H3,(H,16,19)(H,17,18)(H3,14,15,20). The normalized spacial score (nSPS) is 13.1. The summed E-state index contributed by atoms with van der Waals surface area (Å²) in [5.74, 6) is -1.53. The highest BCUT2D eigenvalue weighted by Gasteiger charge is 2.21. The van der Waals surface area contributed by atoms with E-state index in [1.54, 1.807) is 30.3 Å². The highest BCUT2D eigenvalue weighted by molar-refractivity contribution is 5.86. The summed E-state index contributed by atoms with van der Waals surface area (Å²) in [6.45, 7) is 1.46. The molecule has 1 aromatic rings. The molecule has 0 fully saturated rings. The maximum Gasteiger partial charge on any atom is 0.312 e. The van der Waals surface area contributed by atoms with Gasteiger partial charge in [-0.15, -0.1) is 0 Å². The molecule has 0 saturated carbocycles. The van der Waals surface area contributed by atoms with E-state index < -0.39 is 30.0 Å². The van der Waals surface area contributed by atoms with E-state index in [9.17, 15) is 14.4 Å². The van der Waals surface area contributed by atoms with Gasteiger partial charge in [-0.3, -0.25) is 9.59 Å². The van der Waals surface area contributed by atoms with Crippen molar-refractivity contribution < 1.29 is 19.5 Å². The van der Waals surface area contributed by atoms with E-state index in [0.717, 1.165) is 0 Å². The molecule has 0 spiro atoms. The highest BCUT2D eigenvalue weighted by atomic mass is 16.4. The molecule has 0 radical (unpaired) electrons. The van der Waals surface area contributed by atoms with Crippen LogP contribution in [0.2, 0.25) is 0 Å². The Morgan fingerprint density at radius 2 is 1.80 bits per heavy atom. The van der Waals surface area contributed by atoms with E-state index in [0.29, 0.717) is 5.56 Å². The third-order valence-electron chi connectivity index (χ3n) is 2.65. The van der Waals surface area contributed by atoms with Gasteiger partial charge in [-0.2, -0.15) is 0 Å². The molecule has 20 heavy (non-hydrogen) atoms. The molecule has 5 N–H and O–H groups in total. The monoisotopic (exact) mass is 279 g/mol. The summed E-state index contributed by atoms with van der Waals surface area (Å²) in [6.07, 6.45) is -0.251. The highest BCUT2D eigenvalue weighted by Crippen LogP contribution is 2.16. The SMILES string of the molecule is CC(NC(N)=O)C(=O)NC(CC(=O)O)c1ccccc1. The number of nitrogens with two attached hydrogens (primary N) is 1. The molecule has 7 heteroatoms. The minimum Gasteiger partial charge on any atom is -0.481 e. The Morgan fingerprint density at radius 1 is 1.20 bits per heavy atom. The van der Waals surface area contributed by atoms with Crippen molar-refractivity contribution in [3.8, 4) is 0 Å². The van der Waals surface area contributed by atoms with E-state index >= 15 is 0 Å². The van der Waals surface area contributed by atoms with Crippen molar-refractivity contribution >= 4 is 17.9 Å². The van der Waals surface area contributed by atoms with Gasteiger partial charge in [0.05, 0.1) is 12.5 Å². The van der Waals surface area contributed by atoms with Crippen molar-refractivity contribution in [1.29, 1.82) is 0 Å². The summed E-state index contributed by atoms with van der Waals surface area (Å²) >= 11 is 0. The number of carboxylic acids is 1. The van der Waals surface area contributed by atoms with Crippen LogP contribution in [-0.4, -0.2) is 29.1 Å². The molecule has 1 aromatic carbocycles. The first-order valence-electron chi connectivity index (χ1n) is 6.03. The quantitative estimate of drug-likeness (QED) is 0.601. The summed E-state index contributed by atoms with van der Waals surface area (Å²) in [4.78, 5) is 33.4. The summed E-state index contributed by atoms with van der Waals surface area (Å²) < 4.78 is 0. The van der Waals surface area contributed by atoms with Gasteiger partial charge in [0.25, 0.3) is 0 Å². The molecule has 108 valence electrons. The van der Waals surface area contributed by atoms with Crippen LogP contribution in [-0.2, 0) is 9.59 Å². The molecule has 3 amide bonds. The number of carbonyl (C=O) groups excluding carboxylic acids is 2. The second-order valence-corrected chi connectivity index (χ2v) is 4.30. The first kappa shape index (κ1) is 15.5. The van der Waals surface area contributed by atoms with Gasteiger partial charge in [-0.1, -0.05) is 30.3 Å². The van der Waals surface area contributed by atoms with Crippen LogP contribution >= 0.6 is 0 Å². The lowest BCUT2D eigenvalue weighted by Gasteiger charge is -2.20. The molecule has 0 saturated heterocycles. The first-order valence-corrected chi connectivity index (χ1v) is 6.03. The minimum absolute atomic E-state index is 0.251.